The van der Waals surface area contributed by atoms with Crippen LogP contribution in [0.3, 0.4) is 0 Å². The summed E-state index contributed by atoms with van der Waals surface area (Å²) in [6.07, 6.45) is 11.1. The van der Waals surface area contributed by atoms with Crippen LogP contribution in [0.5, 0.6) is 0 Å². The van der Waals surface area contributed by atoms with Gasteiger partial charge in [0.1, 0.15) is 0 Å². The van der Waals surface area contributed by atoms with E-state index in [0.29, 0.717) is 98.2 Å². The summed E-state index contributed by atoms with van der Waals surface area (Å²) in [5.74, 6) is 0.266. The van der Waals surface area contributed by atoms with Crippen molar-refractivity contribution in [2.24, 2.45) is 5.92 Å². The van der Waals surface area contributed by atoms with E-state index in [-0.39, 0.29) is 17.7 Å². The fourth-order valence-corrected chi connectivity index (χ4v) is 4.82. The quantitative estimate of drug-likeness (QED) is 0.133. The Morgan fingerprint density at radius 3 is 1.52 bits per heavy atom. The zero-order chi connectivity index (χ0) is 28.4. The summed E-state index contributed by atoms with van der Waals surface area (Å²) in [5.41, 5.74) is 0. The van der Waals surface area contributed by atoms with Gasteiger partial charge in [-0.15, -0.1) is 0 Å². The van der Waals surface area contributed by atoms with E-state index in [1.165, 1.54) is 32.1 Å². The number of carbonyl (C=O) groups is 2. The summed E-state index contributed by atoms with van der Waals surface area (Å²) < 4.78 is 32.9. The molecule has 0 aliphatic heterocycles. The average Bonchev–Trinajstić information content (AvgIpc) is 3.50. The van der Waals surface area contributed by atoms with Gasteiger partial charge in [0, 0.05) is 38.0 Å². The molecular weight excluding hydrogens is 518 g/mol. The van der Waals surface area contributed by atoms with Gasteiger partial charge in [-0.3, -0.25) is 9.59 Å². The Labute approximate surface area is 241 Å². The fraction of sp³-hybridized carbons (Fsp3) is 0.931. The molecule has 2 aliphatic rings. The Balaban J connectivity index is 1.20. The molecule has 11 nitrogen and oxygen atoms in total. The lowest BCUT2D eigenvalue weighted by molar-refractivity contribution is -0.126. The van der Waals surface area contributed by atoms with Crippen molar-refractivity contribution in [1.82, 2.24) is 16.0 Å². The van der Waals surface area contributed by atoms with Gasteiger partial charge in [0.25, 0.3) is 0 Å². The fourth-order valence-electron chi connectivity index (χ4n) is 4.82. The number of hydrogen-bond acceptors (Lipinski definition) is 9. The molecule has 2 aliphatic carbocycles. The second-order valence-electron chi connectivity index (χ2n) is 10.3. The first-order valence-electron chi connectivity index (χ1n) is 15.5. The van der Waals surface area contributed by atoms with Gasteiger partial charge in [-0.25, -0.2) is 0 Å². The summed E-state index contributed by atoms with van der Waals surface area (Å²) in [5, 5.41) is 9.27. The zero-order valence-corrected chi connectivity index (χ0v) is 24.6. The first-order chi connectivity index (χ1) is 19.8. The van der Waals surface area contributed by atoms with Crippen LogP contribution in [0.2, 0.25) is 0 Å². The van der Waals surface area contributed by atoms with Crippen LogP contribution in [0.15, 0.2) is 0 Å². The van der Waals surface area contributed by atoms with Crippen molar-refractivity contribution in [3.8, 4) is 0 Å². The molecule has 0 heterocycles. The van der Waals surface area contributed by atoms with E-state index in [9.17, 15) is 9.59 Å². The first kappa shape index (κ1) is 34.9. The van der Waals surface area contributed by atoms with Crippen LogP contribution in [-0.2, 0) is 38.0 Å². The highest BCUT2D eigenvalue weighted by atomic mass is 16.6. The van der Waals surface area contributed by atoms with Gasteiger partial charge in [0.2, 0.25) is 11.8 Å². The maximum atomic E-state index is 12.0. The van der Waals surface area contributed by atoms with Gasteiger partial charge in [-0.2, -0.15) is 0 Å². The van der Waals surface area contributed by atoms with Crippen molar-refractivity contribution in [3.05, 3.63) is 0 Å². The van der Waals surface area contributed by atoms with E-state index >= 15 is 0 Å². The number of carbonyl (C=O) groups excluding carboxylic acids is 2. The molecule has 0 saturated heterocycles. The van der Waals surface area contributed by atoms with Crippen LogP contribution in [0.25, 0.3) is 0 Å². The Morgan fingerprint density at radius 2 is 0.950 bits per heavy atom. The van der Waals surface area contributed by atoms with Crippen molar-refractivity contribution in [1.29, 1.82) is 0 Å². The minimum absolute atomic E-state index is 0.0700. The van der Waals surface area contributed by atoms with Crippen molar-refractivity contribution in [3.63, 3.8) is 0 Å². The van der Waals surface area contributed by atoms with Gasteiger partial charge in [0.15, 0.2) is 0 Å². The van der Waals surface area contributed by atoms with Gasteiger partial charge >= 0.3 is 0 Å². The molecule has 11 heteroatoms. The predicted molar refractivity (Wildman–Crippen MR) is 152 cm³/mol. The molecule has 0 bridgehead atoms. The molecule has 0 aromatic carbocycles. The molecule has 0 atom stereocenters. The predicted octanol–water partition coefficient (Wildman–Crippen LogP) is 1.82. The number of ether oxygens (including phenoxy) is 6. The first-order valence-corrected chi connectivity index (χ1v) is 15.5. The van der Waals surface area contributed by atoms with Crippen LogP contribution < -0.4 is 16.0 Å². The third-order valence-corrected chi connectivity index (χ3v) is 7.09. The van der Waals surface area contributed by atoms with Crippen LogP contribution >= 0.6 is 0 Å². The Kier molecular flexibility index (Phi) is 22.1. The van der Waals surface area contributed by atoms with Crippen molar-refractivity contribution >= 4 is 11.8 Å². The summed E-state index contributed by atoms with van der Waals surface area (Å²) in [6, 6.07) is 0.685. The van der Waals surface area contributed by atoms with Crippen LogP contribution in [0.4, 0.5) is 0 Å². The number of hydrogen-bond donors (Lipinski definition) is 3. The molecule has 2 fully saturated rings. The highest BCUT2D eigenvalue weighted by Gasteiger charge is 2.20. The maximum Gasteiger partial charge on any atom is 0.223 e. The number of nitrogens with one attached hydrogen (secondary N) is 3. The van der Waals surface area contributed by atoms with E-state index in [1.54, 1.807) is 0 Å². The van der Waals surface area contributed by atoms with Crippen LogP contribution in [0, 0.1) is 5.92 Å². The average molecular weight is 574 g/mol. The van der Waals surface area contributed by atoms with Gasteiger partial charge in [-0.1, -0.05) is 32.1 Å². The topological polar surface area (TPSA) is 126 Å². The molecule has 0 spiro atoms. The smallest absolute Gasteiger partial charge is 0.223 e. The molecule has 2 rings (SSSR count). The minimum atomic E-state index is -0.0700. The van der Waals surface area contributed by atoms with Gasteiger partial charge in [0.05, 0.1) is 79.3 Å². The van der Waals surface area contributed by atoms with E-state index in [2.05, 4.69) is 16.0 Å². The summed E-state index contributed by atoms with van der Waals surface area (Å²) in [7, 11) is 0. The highest BCUT2D eigenvalue weighted by molar-refractivity contribution is 5.78. The molecule has 2 amide bonds. The summed E-state index contributed by atoms with van der Waals surface area (Å²) in [4.78, 5) is 23.9. The highest BCUT2D eigenvalue weighted by Crippen LogP contribution is 2.23. The van der Waals surface area contributed by atoms with Gasteiger partial charge < -0.3 is 44.4 Å². The summed E-state index contributed by atoms with van der Waals surface area (Å²) in [6.45, 7) is 7.88. The standard InChI is InChI=1S/C29H55N3O8/c33-28(31-12-16-37-19-20-38-17-13-32-29(34)26-6-2-1-3-7-26)10-14-35-18-22-39-24-25-40-23-21-36-15-11-30-27-8-4-5-9-27/h26-27,30H,1-25H2,(H,31,33)(H,32,34). The van der Waals surface area contributed by atoms with Crippen LogP contribution in [-0.4, -0.2) is 117 Å². The molecule has 0 aromatic rings. The maximum absolute atomic E-state index is 12.0. The normalized spacial score (nSPS) is 16.4. The lowest BCUT2D eigenvalue weighted by Gasteiger charge is -2.20. The van der Waals surface area contributed by atoms with E-state index in [4.69, 9.17) is 28.4 Å². The molecule has 0 radical (unpaired) electrons. The van der Waals surface area contributed by atoms with Crippen molar-refractivity contribution in [2.45, 2.75) is 70.3 Å². The largest absolute Gasteiger partial charge is 0.379 e. The van der Waals surface area contributed by atoms with E-state index in [0.717, 1.165) is 38.8 Å². The van der Waals surface area contributed by atoms with Crippen molar-refractivity contribution in [2.75, 3.05) is 98.9 Å². The van der Waals surface area contributed by atoms with E-state index in [1.807, 2.05) is 0 Å². The van der Waals surface area contributed by atoms with Crippen LogP contribution in [0.1, 0.15) is 64.2 Å². The van der Waals surface area contributed by atoms with Crippen molar-refractivity contribution < 1.29 is 38.0 Å². The molecule has 0 unspecified atom stereocenters. The molecular formula is C29H55N3O8. The lowest BCUT2D eigenvalue weighted by Crippen LogP contribution is -2.34. The monoisotopic (exact) mass is 573 g/mol. The Morgan fingerprint density at radius 1 is 0.500 bits per heavy atom. The second-order valence-corrected chi connectivity index (χ2v) is 10.3. The number of amides is 2. The molecule has 2 saturated carbocycles. The Hall–Kier alpha value is -1.34. The molecule has 40 heavy (non-hydrogen) atoms. The molecule has 234 valence electrons. The third kappa shape index (κ3) is 19.7. The third-order valence-electron chi connectivity index (χ3n) is 7.09. The lowest BCUT2D eigenvalue weighted by atomic mass is 9.89. The second kappa shape index (κ2) is 25.4. The summed E-state index contributed by atoms with van der Waals surface area (Å²) >= 11 is 0. The Bertz CT molecular complexity index is 616. The minimum Gasteiger partial charge on any atom is -0.379 e. The number of rotatable bonds is 26. The molecule has 0 aromatic heterocycles. The van der Waals surface area contributed by atoms with E-state index < -0.39 is 0 Å². The zero-order valence-electron chi connectivity index (χ0n) is 24.6. The molecule has 3 N–H and O–H groups in total. The van der Waals surface area contributed by atoms with Gasteiger partial charge in [-0.05, 0) is 25.7 Å². The SMILES string of the molecule is O=C(CCOCCOCCOCCOCCNC1CCCC1)NCCOCCOCCNC(=O)C1CCCCC1.